The first-order valence-corrected chi connectivity index (χ1v) is 13.4. The Hall–Kier alpha value is -3.11. The summed E-state index contributed by atoms with van der Waals surface area (Å²) in [4.78, 5) is 17.4. The summed E-state index contributed by atoms with van der Waals surface area (Å²) in [5, 5.41) is 9.55. The van der Waals surface area contributed by atoms with Crippen molar-refractivity contribution in [3.05, 3.63) is 59.1 Å². The molecule has 3 aliphatic rings. The first-order valence-electron chi connectivity index (χ1n) is 11.5. The van der Waals surface area contributed by atoms with Crippen LogP contribution < -0.4 is 27.4 Å². The minimum absolute atomic E-state index is 0.168. The van der Waals surface area contributed by atoms with E-state index in [4.69, 9.17) is 16.5 Å². The van der Waals surface area contributed by atoms with Gasteiger partial charge in [0.2, 0.25) is 5.96 Å². The fraction of sp³-hybridized carbons (Fsp3) is 0.417. The molecular weight excluding hydrogens is 452 g/mol. The predicted octanol–water partition coefficient (Wildman–Crippen LogP) is 2.01. The van der Waals surface area contributed by atoms with Crippen LogP contribution in [0.3, 0.4) is 0 Å². The fourth-order valence-electron chi connectivity index (χ4n) is 4.53. The van der Waals surface area contributed by atoms with E-state index in [-0.39, 0.29) is 16.0 Å². The molecule has 1 saturated carbocycles. The molecule has 1 fully saturated rings. The molecule has 2 aliphatic carbocycles. The number of guanidine groups is 1. The van der Waals surface area contributed by atoms with Crippen LogP contribution in [0.25, 0.3) is 0 Å². The minimum Gasteiger partial charge on any atom is -0.365 e. The third kappa shape index (κ3) is 5.51. The van der Waals surface area contributed by atoms with Gasteiger partial charge in [-0.3, -0.25) is 9.79 Å². The molecule has 0 spiro atoms. The summed E-state index contributed by atoms with van der Waals surface area (Å²) in [6, 6.07) is 6.40. The molecule has 0 saturated heterocycles. The summed E-state index contributed by atoms with van der Waals surface area (Å²) in [6.07, 6.45) is 12.0. The number of benzene rings is 1. The number of nitrogens with zero attached hydrogens (tertiary/aromatic N) is 1. The Morgan fingerprint density at radius 2 is 1.97 bits per heavy atom. The molecule has 34 heavy (non-hydrogen) atoms. The number of allylic oxidation sites excluding steroid dienone is 3. The molecule has 4 rings (SSSR count). The van der Waals surface area contributed by atoms with E-state index >= 15 is 0 Å². The zero-order chi connectivity index (χ0) is 24.3. The molecule has 0 aromatic heterocycles. The number of carbonyl (C=O) groups excluding carboxylic acids is 1. The largest absolute Gasteiger partial charge is 0.365 e. The van der Waals surface area contributed by atoms with Gasteiger partial charge in [-0.2, -0.15) is 0 Å². The zero-order valence-electron chi connectivity index (χ0n) is 19.4. The quantitative estimate of drug-likeness (QED) is 0.414. The number of nitrogens with two attached hydrogens (primary N) is 2. The third-order valence-corrected chi connectivity index (χ3v) is 7.50. The number of rotatable bonds is 6. The van der Waals surface area contributed by atoms with Gasteiger partial charge in [0.15, 0.2) is 9.84 Å². The number of sulfone groups is 1. The molecule has 0 unspecified atom stereocenters. The number of amides is 1. The molecule has 0 bridgehead atoms. The lowest BCUT2D eigenvalue weighted by atomic mass is 9.83. The smallest absolute Gasteiger partial charge is 0.254 e. The van der Waals surface area contributed by atoms with Crippen molar-refractivity contribution in [2.24, 2.45) is 16.5 Å². The molecule has 1 aliphatic heterocycles. The van der Waals surface area contributed by atoms with Crippen LogP contribution in [0.2, 0.25) is 0 Å². The summed E-state index contributed by atoms with van der Waals surface area (Å²) in [5.41, 5.74) is 14.3. The van der Waals surface area contributed by atoms with Crippen molar-refractivity contribution in [1.29, 1.82) is 0 Å². The van der Waals surface area contributed by atoms with Gasteiger partial charge >= 0.3 is 0 Å². The van der Waals surface area contributed by atoms with E-state index in [9.17, 15) is 13.2 Å². The molecule has 9 nitrogen and oxygen atoms in total. The van der Waals surface area contributed by atoms with Gasteiger partial charge in [-0.1, -0.05) is 37.5 Å². The molecule has 0 radical (unpaired) electrons. The van der Waals surface area contributed by atoms with E-state index in [2.05, 4.69) is 16.0 Å². The number of anilines is 1. The average Bonchev–Trinajstić information content (AvgIpc) is 3.32. The lowest BCUT2D eigenvalue weighted by Crippen LogP contribution is -2.49. The Labute approximate surface area is 200 Å². The molecule has 1 aromatic carbocycles. The highest BCUT2D eigenvalue weighted by Gasteiger charge is 2.30. The predicted molar refractivity (Wildman–Crippen MR) is 133 cm³/mol. The van der Waals surface area contributed by atoms with Crippen molar-refractivity contribution in [3.63, 3.8) is 0 Å². The zero-order valence-corrected chi connectivity index (χ0v) is 20.2. The van der Waals surface area contributed by atoms with E-state index in [0.29, 0.717) is 29.7 Å². The molecular formula is C24H32N6O3S. The van der Waals surface area contributed by atoms with E-state index in [1.807, 2.05) is 12.2 Å². The Bertz CT molecular complexity index is 1210. The van der Waals surface area contributed by atoms with Crippen LogP contribution in [0, 0.1) is 0 Å². The molecule has 1 heterocycles. The number of primary amides is 1. The first-order chi connectivity index (χ1) is 16.1. The highest BCUT2D eigenvalue weighted by Crippen LogP contribution is 2.29. The monoisotopic (exact) mass is 484 g/mol. The average molecular weight is 485 g/mol. The van der Waals surface area contributed by atoms with Gasteiger partial charge in [-0.15, -0.1) is 0 Å². The van der Waals surface area contributed by atoms with Crippen molar-refractivity contribution in [1.82, 2.24) is 10.6 Å². The summed E-state index contributed by atoms with van der Waals surface area (Å²) in [5.74, 6) is 0.185. The lowest BCUT2D eigenvalue weighted by molar-refractivity contribution is -0.114. The lowest BCUT2D eigenvalue weighted by Gasteiger charge is -2.33. The standard InChI is InChI=1S/C24H32N6O3S/c1-34(32,33)18-11-7-10-17(14-18)28-22-19(21(25)31)20(16-8-3-4-9-16)29-23(30-22)27-15-24(26)12-5-2-6-13-24/h3,7-8,10-11,14,28H,2,4-6,9,12-13,15,26H2,1H3,(H2,25,31)(H2,27,29,30)/b20-16-. The number of carbonyl (C=O) groups is 1. The van der Waals surface area contributed by atoms with Crippen LogP contribution >= 0.6 is 0 Å². The van der Waals surface area contributed by atoms with Crippen molar-refractivity contribution < 1.29 is 13.2 Å². The van der Waals surface area contributed by atoms with Crippen molar-refractivity contribution in [2.45, 2.75) is 55.4 Å². The molecule has 0 atom stereocenters. The normalized spacial score (nSPS) is 23.5. The highest BCUT2D eigenvalue weighted by molar-refractivity contribution is 7.90. The number of aliphatic imine (C=N–C) groups is 1. The molecule has 7 N–H and O–H groups in total. The first kappa shape index (κ1) is 24.0. The number of hydrogen-bond acceptors (Lipinski definition) is 6. The van der Waals surface area contributed by atoms with Crippen molar-refractivity contribution in [3.8, 4) is 0 Å². The fourth-order valence-corrected chi connectivity index (χ4v) is 5.20. The van der Waals surface area contributed by atoms with Gasteiger partial charge in [0.1, 0.15) is 11.4 Å². The second-order valence-corrected chi connectivity index (χ2v) is 11.2. The maximum atomic E-state index is 12.5. The summed E-state index contributed by atoms with van der Waals surface area (Å²) in [6.45, 7) is 0.448. The van der Waals surface area contributed by atoms with E-state index in [1.54, 1.807) is 12.1 Å². The van der Waals surface area contributed by atoms with Crippen LogP contribution in [0.5, 0.6) is 0 Å². The van der Waals surface area contributed by atoms with E-state index in [1.165, 1.54) is 18.6 Å². The second-order valence-electron chi connectivity index (χ2n) is 9.22. The van der Waals surface area contributed by atoms with Crippen LogP contribution in [0.1, 0.15) is 44.9 Å². The van der Waals surface area contributed by atoms with Gasteiger partial charge in [0.05, 0.1) is 17.1 Å². The van der Waals surface area contributed by atoms with Crippen LogP contribution in [-0.4, -0.2) is 38.6 Å². The van der Waals surface area contributed by atoms with Gasteiger partial charge in [-0.25, -0.2) is 8.42 Å². The Kier molecular flexibility index (Phi) is 6.81. The Morgan fingerprint density at radius 3 is 2.62 bits per heavy atom. The molecule has 1 aromatic rings. The molecule has 182 valence electrons. The van der Waals surface area contributed by atoms with E-state index < -0.39 is 15.7 Å². The Balaban J connectivity index is 1.72. The summed E-state index contributed by atoms with van der Waals surface area (Å²) >= 11 is 0. The van der Waals surface area contributed by atoms with Gasteiger partial charge in [0.25, 0.3) is 5.91 Å². The van der Waals surface area contributed by atoms with Crippen LogP contribution in [0.15, 0.2) is 69.0 Å². The maximum Gasteiger partial charge on any atom is 0.254 e. The SMILES string of the molecule is CS(=O)(=O)c1cccc(NC2=C(C(N)=O)/C(=C3\C=CCC3)NC(=NCC3(N)CCCCC3)N2)c1. The highest BCUT2D eigenvalue weighted by atomic mass is 32.2. The van der Waals surface area contributed by atoms with Gasteiger partial charge < -0.3 is 27.4 Å². The number of nitrogens with one attached hydrogen (secondary N) is 3. The third-order valence-electron chi connectivity index (χ3n) is 6.39. The van der Waals surface area contributed by atoms with Crippen molar-refractivity contribution >= 4 is 27.4 Å². The van der Waals surface area contributed by atoms with E-state index in [0.717, 1.165) is 50.4 Å². The number of hydrogen-bond donors (Lipinski definition) is 5. The van der Waals surface area contributed by atoms with Crippen LogP contribution in [-0.2, 0) is 14.6 Å². The topological polar surface area (TPSA) is 152 Å². The molecule has 10 heteroatoms. The minimum atomic E-state index is -3.40. The summed E-state index contributed by atoms with van der Waals surface area (Å²) < 4.78 is 24.0. The van der Waals surface area contributed by atoms with Gasteiger partial charge in [0, 0.05) is 17.5 Å². The Morgan fingerprint density at radius 1 is 1.21 bits per heavy atom. The van der Waals surface area contributed by atoms with Crippen molar-refractivity contribution in [2.75, 3.05) is 18.1 Å². The van der Waals surface area contributed by atoms with Crippen LogP contribution in [0.4, 0.5) is 5.69 Å². The maximum absolute atomic E-state index is 12.5. The molecule has 1 amide bonds. The van der Waals surface area contributed by atoms with Gasteiger partial charge in [-0.05, 0) is 49.5 Å². The summed E-state index contributed by atoms with van der Waals surface area (Å²) in [7, 11) is -3.40. The second kappa shape index (κ2) is 9.63.